The Balaban J connectivity index is 1.26. The molecule has 3 aromatic carbocycles. The molecule has 1 atom stereocenters. The van der Waals surface area contributed by atoms with E-state index in [4.69, 9.17) is 48.4 Å². The van der Waals surface area contributed by atoms with Gasteiger partial charge in [0.2, 0.25) is 0 Å². The molecule has 1 aliphatic rings. The molecule has 0 saturated carbocycles. The zero-order valence-corrected chi connectivity index (χ0v) is 26.7. The summed E-state index contributed by atoms with van der Waals surface area (Å²) < 4.78 is 18.3. The summed E-state index contributed by atoms with van der Waals surface area (Å²) in [6, 6.07) is 19.2. The summed E-state index contributed by atoms with van der Waals surface area (Å²) in [5, 5.41) is 19.9. The van der Waals surface area contributed by atoms with Crippen molar-refractivity contribution < 1.29 is 19.3 Å². The van der Waals surface area contributed by atoms with Crippen LogP contribution in [0.2, 0.25) is 10.0 Å². The number of rotatable bonds is 13. The van der Waals surface area contributed by atoms with Crippen molar-refractivity contribution in [2.45, 2.75) is 45.6 Å². The number of nitrogens with zero attached hydrogens (tertiary/aromatic N) is 3. The monoisotopic (exact) mass is 646 g/mol. The fraction of sp³-hybridized carbons (Fsp3) is 0.314. The van der Waals surface area contributed by atoms with Gasteiger partial charge < -0.3 is 30.0 Å². The topological polar surface area (TPSA) is 114 Å². The lowest BCUT2D eigenvalue weighted by atomic mass is 9.96. The molecule has 10 heteroatoms. The Bertz CT molecular complexity index is 1680. The van der Waals surface area contributed by atoms with Crippen molar-refractivity contribution in [3.63, 3.8) is 0 Å². The summed E-state index contributed by atoms with van der Waals surface area (Å²) >= 11 is 13.4. The van der Waals surface area contributed by atoms with E-state index >= 15 is 0 Å². The zero-order valence-electron chi connectivity index (χ0n) is 25.1. The summed E-state index contributed by atoms with van der Waals surface area (Å²) in [4.78, 5) is 6.34. The lowest BCUT2D eigenvalue weighted by Crippen LogP contribution is -2.24. The molecule has 0 aliphatic carbocycles. The average molecular weight is 648 g/mol. The number of ether oxygens (including phenoxy) is 3. The largest absolute Gasteiger partial charge is 0.492 e. The van der Waals surface area contributed by atoms with Gasteiger partial charge in [0.05, 0.1) is 28.3 Å². The number of β-amino-alcohol motifs (C(OH)–C–C–N with tert-alkyl or cyclic N) is 1. The summed E-state index contributed by atoms with van der Waals surface area (Å²) in [5.74, 6) is 1.66. The molecule has 0 unspecified atom stereocenters. The molecule has 1 aromatic heterocycles. The number of hydrogen-bond acceptors (Lipinski definition) is 8. The Kier molecular flexibility index (Phi) is 11.2. The first-order valence-corrected chi connectivity index (χ1v) is 15.6. The van der Waals surface area contributed by atoms with Crippen LogP contribution in [0.1, 0.15) is 40.7 Å². The summed E-state index contributed by atoms with van der Waals surface area (Å²) in [6.45, 7) is 5.84. The van der Waals surface area contributed by atoms with Crippen LogP contribution in [0.4, 0.5) is 0 Å². The maximum atomic E-state index is 9.73. The maximum absolute atomic E-state index is 9.73. The normalized spacial score (nSPS) is 14.7. The van der Waals surface area contributed by atoms with Crippen LogP contribution in [0.15, 0.2) is 67.0 Å². The van der Waals surface area contributed by atoms with E-state index in [0.717, 1.165) is 65.9 Å². The summed E-state index contributed by atoms with van der Waals surface area (Å²) in [5.41, 5.74) is 11.8. The van der Waals surface area contributed by atoms with Crippen LogP contribution in [-0.2, 0) is 19.8 Å². The van der Waals surface area contributed by atoms with Crippen LogP contribution in [0.5, 0.6) is 17.2 Å². The fourth-order valence-electron chi connectivity index (χ4n) is 5.37. The number of nitrogens with two attached hydrogens (primary N) is 1. The zero-order chi connectivity index (χ0) is 31.8. The van der Waals surface area contributed by atoms with Gasteiger partial charge in [-0.15, -0.1) is 0 Å². The number of aliphatic hydroxyl groups is 1. The van der Waals surface area contributed by atoms with Crippen molar-refractivity contribution in [2.75, 3.05) is 26.2 Å². The van der Waals surface area contributed by atoms with Gasteiger partial charge in [-0.2, -0.15) is 5.26 Å². The Hall–Kier alpha value is -3.84. The number of aromatic nitrogens is 1. The predicted molar refractivity (Wildman–Crippen MR) is 176 cm³/mol. The third kappa shape index (κ3) is 8.26. The standard InChI is InChI=1S/C35H36Cl2N4O4/c1-23-26(22-45-34-15-33(27(17-39)14-31(34)36)44-21-25-13-24(16-38)18-40-19-25)5-2-6-29(23)30-7-3-8-32(35(30)37)43-12-4-10-41-11-9-28(42)20-41/h2-3,5-8,13-15,18-19,28,42H,4,9-12,17,20-22,39H2,1H3/t28-/m1/s1. The smallest absolute Gasteiger partial charge is 0.142 e. The molecular formula is C35H36Cl2N4O4. The Morgan fingerprint density at radius 1 is 0.978 bits per heavy atom. The molecule has 1 fully saturated rings. The third-order valence-electron chi connectivity index (χ3n) is 7.86. The summed E-state index contributed by atoms with van der Waals surface area (Å²) in [7, 11) is 0. The van der Waals surface area contributed by atoms with Gasteiger partial charge in [-0.25, -0.2) is 0 Å². The van der Waals surface area contributed by atoms with Crippen LogP contribution in [-0.4, -0.2) is 47.3 Å². The van der Waals surface area contributed by atoms with E-state index in [1.165, 1.54) is 6.20 Å². The second-order valence-corrected chi connectivity index (χ2v) is 11.8. The first-order valence-electron chi connectivity index (χ1n) is 14.9. The number of hydrogen-bond donors (Lipinski definition) is 2. The van der Waals surface area contributed by atoms with Crippen molar-refractivity contribution in [2.24, 2.45) is 5.73 Å². The van der Waals surface area contributed by atoms with Gasteiger partial charge in [0.25, 0.3) is 0 Å². The van der Waals surface area contributed by atoms with Crippen LogP contribution in [0, 0.1) is 18.3 Å². The highest BCUT2D eigenvalue weighted by molar-refractivity contribution is 6.35. The lowest BCUT2D eigenvalue weighted by molar-refractivity contribution is 0.173. The van der Waals surface area contributed by atoms with Crippen molar-refractivity contribution in [1.29, 1.82) is 5.26 Å². The molecule has 4 aromatic rings. The number of benzene rings is 3. The first kappa shape index (κ1) is 32.6. The third-order valence-corrected chi connectivity index (χ3v) is 8.54. The van der Waals surface area contributed by atoms with Crippen molar-refractivity contribution in [3.8, 4) is 34.4 Å². The molecule has 8 nitrogen and oxygen atoms in total. The number of aliphatic hydroxyl groups excluding tert-OH is 1. The Morgan fingerprint density at radius 3 is 2.56 bits per heavy atom. The first-order chi connectivity index (χ1) is 21.9. The lowest BCUT2D eigenvalue weighted by Gasteiger charge is -2.18. The molecule has 0 spiro atoms. The molecule has 0 radical (unpaired) electrons. The molecule has 234 valence electrons. The van der Waals surface area contributed by atoms with E-state index in [0.29, 0.717) is 39.5 Å². The van der Waals surface area contributed by atoms with E-state index in [9.17, 15) is 5.11 Å². The fourth-order valence-corrected chi connectivity index (χ4v) is 5.90. The van der Waals surface area contributed by atoms with Crippen LogP contribution >= 0.6 is 23.2 Å². The maximum Gasteiger partial charge on any atom is 0.142 e. The minimum atomic E-state index is -0.218. The average Bonchev–Trinajstić information content (AvgIpc) is 3.47. The highest BCUT2D eigenvalue weighted by Gasteiger charge is 2.20. The van der Waals surface area contributed by atoms with Gasteiger partial charge >= 0.3 is 0 Å². The van der Waals surface area contributed by atoms with E-state index < -0.39 is 0 Å². The minimum absolute atomic E-state index is 0.212. The molecule has 1 saturated heterocycles. The van der Waals surface area contributed by atoms with E-state index in [-0.39, 0.29) is 25.9 Å². The number of nitriles is 1. The minimum Gasteiger partial charge on any atom is -0.492 e. The second kappa shape index (κ2) is 15.4. The van der Waals surface area contributed by atoms with E-state index in [2.05, 4.69) is 16.0 Å². The van der Waals surface area contributed by atoms with E-state index in [1.807, 2.05) is 43.3 Å². The molecule has 3 N–H and O–H groups in total. The van der Waals surface area contributed by atoms with Gasteiger partial charge in [0.15, 0.2) is 0 Å². The van der Waals surface area contributed by atoms with Crippen molar-refractivity contribution in [1.82, 2.24) is 9.88 Å². The van der Waals surface area contributed by atoms with Gasteiger partial charge in [0.1, 0.15) is 36.5 Å². The molecule has 0 bridgehead atoms. The molecule has 1 aliphatic heterocycles. The molecule has 5 rings (SSSR count). The van der Waals surface area contributed by atoms with Crippen LogP contribution in [0.25, 0.3) is 11.1 Å². The van der Waals surface area contributed by atoms with Crippen LogP contribution < -0.4 is 19.9 Å². The number of halogens is 2. The predicted octanol–water partition coefficient (Wildman–Crippen LogP) is 6.69. The number of likely N-dealkylation sites (tertiary alicyclic amines) is 1. The molecule has 2 heterocycles. The van der Waals surface area contributed by atoms with Gasteiger partial charge in [-0.3, -0.25) is 4.98 Å². The van der Waals surface area contributed by atoms with Gasteiger partial charge in [-0.05, 0) is 54.7 Å². The second-order valence-electron chi connectivity index (χ2n) is 11.0. The van der Waals surface area contributed by atoms with Crippen LogP contribution in [0.3, 0.4) is 0 Å². The van der Waals surface area contributed by atoms with Gasteiger partial charge in [-0.1, -0.05) is 53.5 Å². The summed E-state index contributed by atoms with van der Waals surface area (Å²) in [6.07, 6.45) is 4.63. The quantitative estimate of drug-likeness (QED) is 0.155. The van der Waals surface area contributed by atoms with Gasteiger partial charge in [0, 0.05) is 61.3 Å². The van der Waals surface area contributed by atoms with E-state index in [1.54, 1.807) is 24.4 Å². The highest BCUT2D eigenvalue weighted by Crippen LogP contribution is 2.38. The molecule has 0 amide bonds. The highest BCUT2D eigenvalue weighted by atomic mass is 35.5. The van der Waals surface area contributed by atoms with Crippen molar-refractivity contribution >= 4 is 23.2 Å². The Morgan fingerprint density at radius 2 is 1.78 bits per heavy atom. The van der Waals surface area contributed by atoms with Crippen molar-refractivity contribution in [3.05, 3.63) is 105 Å². The number of pyridine rings is 1. The molecular weight excluding hydrogens is 611 g/mol. The molecule has 45 heavy (non-hydrogen) atoms. The Labute approximate surface area is 273 Å². The SMILES string of the molecule is Cc1c(COc2cc(OCc3cncc(C#N)c3)c(CN)cc2Cl)cccc1-c1cccc(OCCCN2CC[C@@H](O)C2)c1Cl.